The minimum atomic E-state index is -0.191. The summed E-state index contributed by atoms with van der Waals surface area (Å²) in [4.78, 5) is 19.5. The van der Waals surface area contributed by atoms with Gasteiger partial charge in [0.1, 0.15) is 5.75 Å². The number of nitrogens with zero attached hydrogens (tertiary/aromatic N) is 4. The second-order valence-corrected chi connectivity index (χ2v) is 8.27. The number of hydrogen-bond acceptors (Lipinski definition) is 5. The number of aromatic nitrogens is 2. The molecule has 0 bridgehead atoms. The van der Waals surface area contributed by atoms with Crippen LogP contribution >= 0.6 is 0 Å². The Hall–Kier alpha value is -3.63. The van der Waals surface area contributed by atoms with Gasteiger partial charge in [-0.05, 0) is 30.2 Å². The Labute approximate surface area is 187 Å². The number of carbonyl (C=O) groups is 1. The number of ether oxygens (including phenoxy) is 1. The van der Waals surface area contributed by atoms with E-state index in [0.29, 0.717) is 25.3 Å². The third-order valence-corrected chi connectivity index (χ3v) is 6.31. The number of hydrogen-bond donors (Lipinski definition) is 1. The van der Waals surface area contributed by atoms with Crippen molar-refractivity contribution in [1.29, 1.82) is 5.26 Å². The van der Waals surface area contributed by atoms with Gasteiger partial charge in [0, 0.05) is 37.8 Å². The maximum Gasteiger partial charge on any atom is 0.240 e. The SMILES string of the molecule is N#Cc1ccc(Cn2cncc2CN[C@@H]2CCN(C3CCOc4ccccc43)C2=O)cc1. The van der Waals surface area contributed by atoms with E-state index in [1.807, 2.05) is 53.6 Å². The minimum Gasteiger partial charge on any atom is -0.493 e. The number of fused-ring (bicyclic) bond motifs is 1. The molecule has 0 radical (unpaired) electrons. The van der Waals surface area contributed by atoms with Gasteiger partial charge in [0.15, 0.2) is 0 Å². The largest absolute Gasteiger partial charge is 0.493 e. The Morgan fingerprint density at radius 3 is 2.84 bits per heavy atom. The summed E-state index contributed by atoms with van der Waals surface area (Å²) in [6, 6.07) is 17.6. The molecule has 1 N–H and O–H groups in total. The molecule has 32 heavy (non-hydrogen) atoms. The van der Waals surface area contributed by atoms with Gasteiger partial charge in [-0.15, -0.1) is 0 Å². The van der Waals surface area contributed by atoms with Gasteiger partial charge in [-0.25, -0.2) is 4.98 Å². The third kappa shape index (κ3) is 3.97. The van der Waals surface area contributed by atoms with Crippen LogP contribution in [0.3, 0.4) is 0 Å². The molecule has 0 spiro atoms. The fraction of sp³-hybridized carbons (Fsp3) is 0.320. The number of para-hydroxylation sites is 1. The Bertz CT molecular complexity index is 1150. The van der Waals surface area contributed by atoms with Gasteiger partial charge in [-0.3, -0.25) is 4.79 Å². The lowest BCUT2D eigenvalue weighted by atomic mass is 9.99. The molecule has 5 rings (SSSR count). The quantitative estimate of drug-likeness (QED) is 0.654. The average Bonchev–Trinajstić information content (AvgIpc) is 3.43. The van der Waals surface area contributed by atoms with E-state index in [0.717, 1.165) is 42.0 Å². The predicted molar refractivity (Wildman–Crippen MR) is 119 cm³/mol. The van der Waals surface area contributed by atoms with Gasteiger partial charge in [0.25, 0.3) is 0 Å². The normalized spacial score (nSPS) is 20.0. The van der Waals surface area contributed by atoms with E-state index < -0.39 is 0 Å². The van der Waals surface area contributed by atoms with E-state index in [1.54, 1.807) is 6.33 Å². The van der Waals surface area contributed by atoms with Gasteiger partial charge in [0.2, 0.25) is 5.91 Å². The van der Waals surface area contributed by atoms with E-state index in [-0.39, 0.29) is 18.0 Å². The second-order valence-electron chi connectivity index (χ2n) is 8.27. The fourth-order valence-electron chi connectivity index (χ4n) is 4.59. The average molecular weight is 428 g/mol. The summed E-state index contributed by atoms with van der Waals surface area (Å²) >= 11 is 0. The summed E-state index contributed by atoms with van der Waals surface area (Å²) in [5.41, 5.74) is 3.88. The molecule has 0 saturated carbocycles. The van der Waals surface area contributed by atoms with E-state index >= 15 is 0 Å². The fourth-order valence-corrected chi connectivity index (χ4v) is 4.59. The summed E-state index contributed by atoms with van der Waals surface area (Å²) in [6.45, 7) is 2.63. The molecule has 3 aromatic rings. The van der Waals surface area contributed by atoms with Gasteiger partial charge in [-0.2, -0.15) is 5.26 Å². The lowest BCUT2D eigenvalue weighted by Crippen LogP contribution is -2.40. The van der Waals surface area contributed by atoms with E-state index in [4.69, 9.17) is 10.00 Å². The van der Waals surface area contributed by atoms with Crippen molar-refractivity contribution < 1.29 is 9.53 Å². The molecule has 7 nitrogen and oxygen atoms in total. The molecule has 2 aromatic carbocycles. The van der Waals surface area contributed by atoms with Crippen LogP contribution in [-0.4, -0.2) is 39.6 Å². The number of imidazole rings is 1. The van der Waals surface area contributed by atoms with Crippen LogP contribution in [0.4, 0.5) is 0 Å². The van der Waals surface area contributed by atoms with Gasteiger partial charge in [-0.1, -0.05) is 30.3 Å². The highest BCUT2D eigenvalue weighted by atomic mass is 16.5. The predicted octanol–water partition coefficient (Wildman–Crippen LogP) is 3.02. The van der Waals surface area contributed by atoms with Crippen LogP contribution in [0.2, 0.25) is 0 Å². The second kappa shape index (κ2) is 8.85. The summed E-state index contributed by atoms with van der Waals surface area (Å²) in [5, 5.41) is 12.4. The molecule has 2 atom stereocenters. The Morgan fingerprint density at radius 2 is 2.00 bits per heavy atom. The third-order valence-electron chi connectivity index (χ3n) is 6.31. The number of carbonyl (C=O) groups excluding carboxylic acids is 1. The lowest BCUT2D eigenvalue weighted by molar-refractivity contribution is -0.132. The molecular formula is C25H25N5O2. The molecule has 7 heteroatoms. The number of nitriles is 1. The van der Waals surface area contributed by atoms with Crippen molar-refractivity contribution in [2.24, 2.45) is 0 Å². The van der Waals surface area contributed by atoms with Crippen LogP contribution in [0, 0.1) is 11.3 Å². The van der Waals surface area contributed by atoms with Gasteiger partial charge in [0.05, 0.1) is 42.3 Å². The first-order valence-corrected chi connectivity index (χ1v) is 11.0. The molecule has 1 aromatic heterocycles. The van der Waals surface area contributed by atoms with Crippen molar-refractivity contribution in [3.63, 3.8) is 0 Å². The van der Waals surface area contributed by atoms with E-state index in [1.165, 1.54) is 0 Å². The van der Waals surface area contributed by atoms with Crippen molar-refractivity contribution in [3.8, 4) is 11.8 Å². The Morgan fingerprint density at radius 1 is 1.16 bits per heavy atom. The van der Waals surface area contributed by atoms with Crippen LogP contribution in [0.15, 0.2) is 61.1 Å². The van der Waals surface area contributed by atoms with Crippen molar-refractivity contribution in [3.05, 3.63) is 83.4 Å². The monoisotopic (exact) mass is 427 g/mol. The number of amides is 1. The first-order valence-electron chi connectivity index (χ1n) is 11.0. The smallest absolute Gasteiger partial charge is 0.240 e. The van der Waals surface area contributed by atoms with E-state index in [9.17, 15) is 4.79 Å². The van der Waals surface area contributed by atoms with Crippen molar-refractivity contribution >= 4 is 5.91 Å². The molecule has 1 unspecified atom stereocenters. The zero-order valence-corrected chi connectivity index (χ0v) is 17.8. The van der Waals surface area contributed by atoms with Crippen molar-refractivity contribution in [2.75, 3.05) is 13.2 Å². The summed E-state index contributed by atoms with van der Waals surface area (Å²) in [6.07, 6.45) is 5.26. The standard InChI is InChI=1S/C25H25N5O2/c26-13-18-5-7-19(8-6-18)16-29-17-27-14-20(29)15-28-22-9-11-30(25(22)31)23-10-12-32-24-4-2-1-3-21(23)24/h1-8,14,17,22-23,28H,9-12,15-16H2/t22-,23?/m1/s1. The van der Waals surface area contributed by atoms with Crippen molar-refractivity contribution in [2.45, 2.75) is 38.0 Å². The van der Waals surface area contributed by atoms with Gasteiger partial charge < -0.3 is 19.5 Å². The summed E-state index contributed by atoms with van der Waals surface area (Å²) in [7, 11) is 0. The zero-order chi connectivity index (χ0) is 21.9. The minimum absolute atomic E-state index is 0.0844. The highest BCUT2D eigenvalue weighted by molar-refractivity contribution is 5.84. The van der Waals surface area contributed by atoms with Crippen LogP contribution in [0.25, 0.3) is 0 Å². The first kappa shape index (κ1) is 20.3. The zero-order valence-electron chi connectivity index (χ0n) is 17.8. The lowest BCUT2D eigenvalue weighted by Gasteiger charge is -2.33. The molecule has 1 saturated heterocycles. The Kier molecular flexibility index (Phi) is 5.61. The highest BCUT2D eigenvalue weighted by Crippen LogP contribution is 2.37. The number of benzene rings is 2. The molecule has 1 amide bonds. The van der Waals surface area contributed by atoms with E-state index in [2.05, 4.69) is 27.0 Å². The molecule has 2 aliphatic rings. The number of nitrogens with one attached hydrogen (secondary N) is 1. The van der Waals surface area contributed by atoms with Crippen LogP contribution in [0.1, 0.15) is 41.3 Å². The topological polar surface area (TPSA) is 83.2 Å². The summed E-state index contributed by atoms with van der Waals surface area (Å²) in [5.74, 6) is 1.05. The molecule has 1 fully saturated rings. The molecule has 162 valence electrons. The van der Waals surface area contributed by atoms with Gasteiger partial charge >= 0.3 is 0 Å². The van der Waals surface area contributed by atoms with Crippen LogP contribution < -0.4 is 10.1 Å². The first-order chi connectivity index (χ1) is 15.7. The number of rotatable bonds is 6. The molecular weight excluding hydrogens is 402 g/mol. The van der Waals surface area contributed by atoms with Crippen molar-refractivity contribution in [1.82, 2.24) is 19.8 Å². The summed E-state index contributed by atoms with van der Waals surface area (Å²) < 4.78 is 7.84. The molecule has 2 aliphatic heterocycles. The maximum atomic E-state index is 13.2. The van der Waals surface area contributed by atoms with Crippen LogP contribution in [0.5, 0.6) is 5.75 Å². The molecule has 0 aliphatic carbocycles. The molecule has 3 heterocycles. The van der Waals surface area contributed by atoms with Crippen LogP contribution in [-0.2, 0) is 17.9 Å². The maximum absolute atomic E-state index is 13.2. The Balaban J connectivity index is 1.22. The highest BCUT2D eigenvalue weighted by Gasteiger charge is 2.38. The number of likely N-dealkylation sites (tertiary alicyclic amines) is 1.